The first kappa shape index (κ1) is 18.3. The Bertz CT molecular complexity index is 971. The van der Waals surface area contributed by atoms with Crippen LogP contribution >= 0.6 is 0 Å². The van der Waals surface area contributed by atoms with E-state index in [0.29, 0.717) is 30.3 Å². The number of aromatic nitrogens is 3. The van der Waals surface area contributed by atoms with Crippen LogP contribution in [0.1, 0.15) is 58.7 Å². The molecule has 0 aliphatic carbocycles. The van der Waals surface area contributed by atoms with Crippen LogP contribution in [0.25, 0.3) is 0 Å². The van der Waals surface area contributed by atoms with Crippen molar-refractivity contribution in [3.8, 4) is 0 Å². The van der Waals surface area contributed by atoms with Crippen LogP contribution in [0.2, 0.25) is 0 Å². The second-order valence-corrected chi connectivity index (χ2v) is 7.02. The third-order valence-corrected chi connectivity index (χ3v) is 4.89. The summed E-state index contributed by atoms with van der Waals surface area (Å²) >= 11 is 0. The highest BCUT2D eigenvalue weighted by atomic mass is 19.1. The van der Waals surface area contributed by atoms with Gasteiger partial charge in [-0.3, -0.25) is 9.78 Å². The maximum Gasteiger partial charge on any atom is 0.274 e. The van der Waals surface area contributed by atoms with Crippen LogP contribution in [-0.4, -0.2) is 32.3 Å². The van der Waals surface area contributed by atoms with E-state index in [1.54, 1.807) is 23.4 Å². The highest BCUT2D eigenvalue weighted by Gasteiger charge is 2.32. The maximum absolute atomic E-state index is 13.4. The molecule has 1 fully saturated rings. The molecular formula is C21H21FN4O2. The Morgan fingerprint density at radius 3 is 2.89 bits per heavy atom. The van der Waals surface area contributed by atoms with Gasteiger partial charge in [-0.25, -0.2) is 14.4 Å². The summed E-state index contributed by atoms with van der Waals surface area (Å²) in [5.41, 5.74) is 1.90. The molecule has 28 heavy (non-hydrogen) atoms. The Hall–Kier alpha value is -3.09. The van der Waals surface area contributed by atoms with Gasteiger partial charge >= 0.3 is 0 Å². The van der Waals surface area contributed by atoms with Gasteiger partial charge < -0.3 is 9.32 Å². The molecule has 0 bridgehead atoms. The van der Waals surface area contributed by atoms with Gasteiger partial charge in [0.15, 0.2) is 0 Å². The Balaban J connectivity index is 1.54. The monoisotopic (exact) mass is 380 g/mol. The molecule has 0 saturated carbocycles. The summed E-state index contributed by atoms with van der Waals surface area (Å²) in [6.07, 6.45) is 7.92. The molecule has 1 amide bonds. The van der Waals surface area contributed by atoms with Gasteiger partial charge in [-0.15, -0.1) is 0 Å². The molecule has 7 heteroatoms. The van der Waals surface area contributed by atoms with Crippen LogP contribution < -0.4 is 0 Å². The average Bonchev–Trinajstić information content (AvgIpc) is 3.16. The van der Waals surface area contributed by atoms with E-state index in [-0.39, 0.29) is 17.8 Å². The molecule has 3 aromatic rings. The molecule has 1 saturated heterocycles. The Morgan fingerprint density at radius 2 is 2.11 bits per heavy atom. The van der Waals surface area contributed by atoms with Crippen LogP contribution in [0.3, 0.4) is 0 Å². The number of likely N-dealkylation sites (tertiary alicyclic amines) is 1. The van der Waals surface area contributed by atoms with E-state index >= 15 is 0 Å². The van der Waals surface area contributed by atoms with E-state index in [2.05, 4.69) is 15.0 Å². The zero-order valence-corrected chi connectivity index (χ0v) is 15.6. The third kappa shape index (κ3) is 3.93. The fourth-order valence-corrected chi connectivity index (χ4v) is 3.49. The van der Waals surface area contributed by atoms with Gasteiger partial charge in [0.05, 0.1) is 18.1 Å². The van der Waals surface area contributed by atoms with Crippen LogP contribution in [0.4, 0.5) is 4.39 Å². The predicted octanol–water partition coefficient (Wildman–Crippen LogP) is 3.87. The average molecular weight is 380 g/mol. The van der Waals surface area contributed by atoms with Crippen molar-refractivity contribution in [2.24, 2.45) is 0 Å². The number of rotatable bonds is 4. The zero-order valence-electron chi connectivity index (χ0n) is 15.6. The Kier molecular flexibility index (Phi) is 5.14. The van der Waals surface area contributed by atoms with Crippen molar-refractivity contribution in [3.05, 3.63) is 77.3 Å². The molecule has 2 aromatic heterocycles. The van der Waals surface area contributed by atoms with E-state index < -0.39 is 0 Å². The van der Waals surface area contributed by atoms with E-state index in [1.807, 2.05) is 13.0 Å². The maximum atomic E-state index is 13.4. The van der Waals surface area contributed by atoms with Crippen molar-refractivity contribution in [2.75, 3.05) is 6.54 Å². The number of hydrogen-bond donors (Lipinski definition) is 0. The summed E-state index contributed by atoms with van der Waals surface area (Å²) in [6, 6.07) is 6.18. The highest BCUT2D eigenvalue weighted by Crippen LogP contribution is 2.32. The summed E-state index contributed by atoms with van der Waals surface area (Å²) in [5.74, 6) is 0.718. The number of carbonyl (C=O) groups excluding carboxylic acids is 1. The van der Waals surface area contributed by atoms with Gasteiger partial charge in [-0.05, 0) is 43.9 Å². The number of hydrogen-bond acceptors (Lipinski definition) is 5. The van der Waals surface area contributed by atoms with Gasteiger partial charge in [-0.2, -0.15) is 0 Å². The molecular weight excluding hydrogens is 359 g/mol. The van der Waals surface area contributed by atoms with Gasteiger partial charge in [0.25, 0.3) is 5.91 Å². The second-order valence-electron chi connectivity index (χ2n) is 7.02. The summed E-state index contributed by atoms with van der Waals surface area (Å²) in [4.78, 5) is 27.5. The number of halogens is 1. The molecule has 1 atom stereocenters. The molecule has 1 aliphatic heterocycles. The first-order valence-electron chi connectivity index (χ1n) is 9.39. The lowest BCUT2D eigenvalue weighted by molar-refractivity contribution is 0.0563. The molecule has 1 aromatic carbocycles. The molecule has 3 heterocycles. The normalized spacial score (nSPS) is 16.9. The minimum atomic E-state index is -0.277. The highest BCUT2D eigenvalue weighted by molar-refractivity contribution is 5.92. The summed E-state index contributed by atoms with van der Waals surface area (Å²) in [5, 5.41) is 0. The first-order valence-corrected chi connectivity index (χ1v) is 9.39. The molecule has 0 radical (unpaired) electrons. The quantitative estimate of drug-likeness (QED) is 0.687. The van der Waals surface area contributed by atoms with E-state index in [9.17, 15) is 9.18 Å². The lowest BCUT2D eigenvalue weighted by Crippen LogP contribution is -2.39. The number of oxazole rings is 1. The topological polar surface area (TPSA) is 72.1 Å². The minimum absolute atomic E-state index is 0.165. The number of benzene rings is 1. The summed E-state index contributed by atoms with van der Waals surface area (Å²) in [7, 11) is 0. The second kappa shape index (κ2) is 7.88. The minimum Gasteiger partial charge on any atom is -0.443 e. The van der Waals surface area contributed by atoms with Crippen molar-refractivity contribution in [1.82, 2.24) is 19.9 Å². The number of piperidine rings is 1. The van der Waals surface area contributed by atoms with E-state index in [0.717, 1.165) is 30.5 Å². The molecule has 4 rings (SSSR count). The smallest absolute Gasteiger partial charge is 0.274 e. The van der Waals surface area contributed by atoms with Gasteiger partial charge in [-0.1, -0.05) is 12.1 Å². The molecule has 0 unspecified atom stereocenters. The fraction of sp³-hybridized carbons (Fsp3) is 0.333. The van der Waals surface area contributed by atoms with Crippen molar-refractivity contribution in [1.29, 1.82) is 0 Å². The van der Waals surface area contributed by atoms with E-state index in [4.69, 9.17) is 4.42 Å². The van der Waals surface area contributed by atoms with Crippen molar-refractivity contribution < 1.29 is 13.6 Å². The number of carbonyl (C=O) groups is 1. The first-order chi connectivity index (χ1) is 13.6. The van der Waals surface area contributed by atoms with E-state index in [1.165, 1.54) is 18.3 Å². The largest absolute Gasteiger partial charge is 0.443 e. The lowest BCUT2D eigenvalue weighted by Gasteiger charge is -2.33. The third-order valence-electron chi connectivity index (χ3n) is 4.89. The molecule has 0 N–H and O–H groups in total. The number of aryl methyl sites for hydroxylation is 1. The van der Waals surface area contributed by atoms with Crippen LogP contribution in [0.15, 0.2) is 47.3 Å². The molecule has 144 valence electrons. The SMILES string of the molecule is Cc1cnc(C(=O)N2CCCC[C@@H]2c2ncc(Cc3cccc(F)c3)o2)cn1. The Labute approximate surface area is 162 Å². The molecule has 0 spiro atoms. The van der Waals surface area contributed by atoms with Crippen LogP contribution in [0.5, 0.6) is 0 Å². The van der Waals surface area contributed by atoms with Crippen molar-refractivity contribution >= 4 is 5.91 Å². The summed E-state index contributed by atoms with van der Waals surface area (Å²) < 4.78 is 19.3. The van der Waals surface area contributed by atoms with Gasteiger partial charge in [0, 0.05) is 19.2 Å². The lowest BCUT2D eigenvalue weighted by atomic mass is 10.0. The standard InChI is InChI=1S/C21H21FN4O2/c1-14-11-24-18(13-23-14)21(27)26-8-3-2-7-19(26)20-25-12-17(28-20)10-15-5-4-6-16(22)9-15/h4-6,9,11-13,19H,2-3,7-8,10H2,1H3/t19-/m1/s1. The molecule has 6 nitrogen and oxygen atoms in total. The Morgan fingerprint density at radius 1 is 1.21 bits per heavy atom. The van der Waals surface area contributed by atoms with Crippen molar-refractivity contribution in [3.63, 3.8) is 0 Å². The van der Waals surface area contributed by atoms with Gasteiger partial charge in [0.2, 0.25) is 5.89 Å². The fourth-order valence-electron chi connectivity index (χ4n) is 3.49. The predicted molar refractivity (Wildman–Crippen MR) is 100 cm³/mol. The zero-order chi connectivity index (χ0) is 19.5. The van der Waals surface area contributed by atoms with Crippen LogP contribution in [-0.2, 0) is 6.42 Å². The number of amides is 1. The molecule has 1 aliphatic rings. The van der Waals surface area contributed by atoms with Gasteiger partial charge in [0.1, 0.15) is 23.3 Å². The van der Waals surface area contributed by atoms with Crippen molar-refractivity contribution in [2.45, 2.75) is 38.6 Å². The number of nitrogens with zero attached hydrogens (tertiary/aromatic N) is 4. The summed E-state index contributed by atoms with van der Waals surface area (Å²) in [6.45, 7) is 2.46. The van der Waals surface area contributed by atoms with Crippen LogP contribution in [0, 0.1) is 12.7 Å².